The van der Waals surface area contributed by atoms with Crippen molar-refractivity contribution in [1.82, 2.24) is 0 Å². The highest BCUT2D eigenvalue weighted by Gasteiger charge is 2.31. The summed E-state index contributed by atoms with van der Waals surface area (Å²) < 4.78 is 26.5. The van der Waals surface area contributed by atoms with Gasteiger partial charge in [-0.25, -0.2) is 0 Å². The number of hydrogen-bond donors (Lipinski definition) is 0. The maximum Gasteiger partial charge on any atom is 0.268 e. The summed E-state index contributed by atoms with van der Waals surface area (Å²) in [5.74, 6) is 0.817. The van der Waals surface area contributed by atoms with E-state index in [9.17, 15) is 9.46 Å². The predicted molar refractivity (Wildman–Crippen MR) is 62.5 cm³/mol. The van der Waals surface area contributed by atoms with Crippen LogP contribution in [0, 0.1) is 11.8 Å². The summed E-state index contributed by atoms with van der Waals surface area (Å²) in [5.41, 5.74) is 0. The summed E-state index contributed by atoms with van der Waals surface area (Å²) in [4.78, 5) is 11.4. The minimum Gasteiger partial charge on any atom is -0.756 e. The van der Waals surface area contributed by atoms with Crippen molar-refractivity contribution < 1.29 is 23.2 Å². The molecule has 5 nitrogen and oxygen atoms in total. The summed E-state index contributed by atoms with van der Waals surface area (Å²) in [7, 11) is -4.19. The van der Waals surface area contributed by atoms with Crippen molar-refractivity contribution >= 4 is 7.82 Å². The minimum atomic E-state index is -4.19. The third-order valence-corrected chi connectivity index (χ3v) is 4.00. The zero-order valence-electron chi connectivity index (χ0n) is 10.9. The van der Waals surface area contributed by atoms with Gasteiger partial charge >= 0.3 is 0 Å². The fourth-order valence-electron chi connectivity index (χ4n) is 2.05. The van der Waals surface area contributed by atoms with Gasteiger partial charge in [-0.15, -0.1) is 0 Å². The number of phosphoric acid groups is 1. The lowest BCUT2D eigenvalue weighted by Crippen LogP contribution is -2.27. The van der Waals surface area contributed by atoms with Crippen LogP contribution < -0.4 is 4.89 Å². The number of ether oxygens (including phenoxy) is 1. The Kier molecular flexibility index (Phi) is 5.61. The summed E-state index contributed by atoms with van der Waals surface area (Å²) in [6.45, 7) is 8.23. The zero-order valence-corrected chi connectivity index (χ0v) is 11.8. The van der Waals surface area contributed by atoms with Gasteiger partial charge in [0.15, 0.2) is 0 Å². The Bertz CT molecular complexity index is 279. The summed E-state index contributed by atoms with van der Waals surface area (Å²) >= 11 is 0. The van der Waals surface area contributed by atoms with E-state index >= 15 is 0 Å². The molecule has 0 radical (unpaired) electrons. The second-order valence-electron chi connectivity index (χ2n) is 5.00. The van der Waals surface area contributed by atoms with E-state index in [0.717, 1.165) is 6.42 Å². The Hall–Kier alpha value is 0.0700. The molecule has 3 unspecified atom stereocenters. The summed E-state index contributed by atoms with van der Waals surface area (Å²) in [6, 6.07) is 0. The quantitative estimate of drug-likeness (QED) is 0.687. The normalized spacial score (nSPS) is 28.9. The lowest BCUT2D eigenvalue weighted by Gasteiger charge is -2.28. The first-order chi connectivity index (χ1) is 7.82. The molecule has 0 aromatic carbocycles. The van der Waals surface area contributed by atoms with Crippen molar-refractivity contribution in [2.45, 2.75) is 46.3 Å². The first-order valence-corrected chi connectivity index (χ1v) is 7.53. The Labute approximate surface area is 103 Å². The maximum atomic E-state index is 11.4. The Morgan fingerprint density at radius 2 is 2.06 bits per heavy atom. The van der Waals surface area contributed by atoms with Gasteiger partial charge in [0, 0.05) is 6.61 Å². The van der Waals surface area contributed by atoms with Gasteiger partial charge in [0.05, 0.1) is 18.8 Å². The van der Waals surface area contributed by atoms with Gasteiger partial charge in [-0.1, -0.05) is 13.8 Å². The molecule has 0 aliphatic carbocycles. The van der Waals surface area contributed by atoms with E-state index in [1.54, 1.807) is 13.8 Å². The Morgan fingerprint density at radius 1 is 1.41 bits per heavy atom. The molecular weight excluding hydrogens is 243 g/mol. The van der Waals surface area contributed by atoms with E-state index in [4.69, 9.17) is 13.8 Å². The molecule has 1 aliphatic heterocycles. The Morgan fingerprint density at radius 3 is 2.59 bits per heavy atom. The van der Waals surface area contributed by atoms with Gasteiger partial charge in [0.25, 0.3) is 7.82 Å². The van der Waals surface area contributed by atoms with Gasteiger partial charge in [-0.05, 0) is 32.1 Å². The summed E-state index contributed by atoms with van der Waals surface area (Å²) in [5, 5.41) is 0. The highest BCUT2D eigenvalue weighted by atomic mass is 31.2. The standard InChI is InChI=1S/C11H23O5P/c1-8(2)10-5-6-14-11(10)7-15-17(12,13)16-9(3)4/h8-11H,5-7H2,1-4H3,(H,12,13)/p-1. The summed E-state index contributed by atoms with van der Waals surface area (Å²) in [6.07, 6.45) is 0.414. The third-order valence-electron chi connectivity index (χ3n) is 2.85. The molecule has 1 aliphatic rings. The van der Waals surface area contributed by atoms with Crippen LogP contribution in [0.5, 0.6) is 0 Å². The first kappa shape index (κ1) is 15.1. The molecule has 17 heavy (non-hydrogen) atoms. The molecule has 102 valence electrons. The average Bonchev–Trinajstić information content (AvgIpc) is 2.60. The first-order valence-electron chi connectivity index (χ1n) is 6.07. The molecule has 3 atom stereocenters. The second-order valence-corrected chi connectivity index (χ2v) is 6.37. The van der Waals surface area contributed by atoms with E-state index in [1.807, 2.05) is 0 Å². The molecule has 0 spiro atoms. The lowest BCUT2D eigenvalue weighted by molar-refractivity contribution is -0.230. The van der Waals surface area contributed by atoms with Gasteiger partial charge in [-0.3, -0.25) is 4.57 Å². The van der Waals surface area contributed by atoms with Crippen molar-refractivity contribution in [3.8, 4) is 0 Å². The molecule has 1 heterocycles. The monoisotopic (exact) mass is 265 g/mol. The zero-order chi connectivity index (χ0) is 13.1. The average molecular weight is 265 g/mol. The van der Waals surface area contributed by atoms with Crippen LogP contribution in [0.3, 0.4) is 0 Å². The van der Waals surface area contributed by atoms with Crippen LogP contribution >= 0.6 is 7.82 Å². The van der Waals surface area contributed by atoms with Gasteiger partial charge in [0.2, 0.25) is 0 Å². The van der Waals surface area contributed by atoms with E-state index in [1.165, 1.54) is 0 Å². The van der Waals surface area contributed by atoms with Crippen LogP contribution in [0.4, 0.5) is 0 Å². The molecule has 0 N–H and O–H groups in total. The van der Waals surface area contributed by atoms with Gasteiger partial charge < -0.3 is 18.7 Å². The molecule has 0 saturated carbocycles. The molecule has 1 saturated heterocycles. The van der Waals surface area contributed by atoms with Crippen LogP contribution in [0.15, 0.2) is 0 Å². The topological polar surface area (TPSA) is 67.8 Å². The van der Waals surface area contributed by atoms with Crippen LogP contribution in [0.1, 0.15) is 34.1 Å². The van der Waals surface area contributed by atoms with E-state index in [-0.39, 0.29) is 12.7 Å². The van der Waals surface area contributed by atoms with Gasteiger partial charge in [0.1, 0.15) is 0 Å². The fourth-order valence-corrected chi connectivity index (χ4v) is 2.96. The Balaban J connectivity index is 2.42. The molecule has 1 fully saturated rings. The van der Waals surface area contributed by atoms with E-state index in [0.29, 0.717) is 18.4 Å². The maximum absolute atomic E-state index is 11.4. The molecule has 0 amide bonds. The van der Waals surface area contributed by atoms with Crippen LogP contribution in [-0.2, 0) is 18.3 Å². The number of hydrogen-bond acceptors (Lipinski definition) is 5. The molecule has 0 bridgehead atoms. The van der Waals surface area contributed by atoms with Crippen LogP contribution in [0.25, 0.3) is 0 Å². The molecule has 0 aromatic heterocycles. The van der Waals surface area contributed by atoms with Crippen LogP contribution in [-0.4, -0.2) is 25.4 Å². The highest BCUT2D eigenvalue weighted by Crippen LogP contribution is 2.41. The molecule has 0 aromatic rings. The van der Waals surface area contributed by atoms with E-state index in [2.05, 4.69) is 13.8 Å². The molecule has 6 heteroatoms. The van der Waals surface area contributed by atoms with Gasteiger partial charge in [-0.2, -0.15) is 0 Å². The number of rotatable bonds is 6. The fraction of sp³-hybridized carbons (Fsp3) is 1.00. The SMILES string of the molecule is CC(C)OP(=O)([O-])OCC1OCCC1C(C)C. The van der Waals surface area contributed by atoms with Crippen molar-refractivity contribution in [3.05, 3.63) is 0 Å². The van der Waals surface area contributed by atoms with Crippen molar-refractivity contribution in [2.75, 3.05) is 13.2 Å². The molecular formula is C11H22O5P-. The highest BCUT2D eigenvalue weighted by molar-refractivity contribution is 7.45. The third kappa shape index (κ3) is 5.06. The van der Waals surface area contributed by atoms with Crippen molar-refractivity contribution in [3.63, 3.8) is 0 Å². The van der Waals surface area contributed by atoms with Crippen molar-refractivity contribution in [1.29, 1.82) is 0 Å². The largest absolute Gasteiger partial charge is 0.756 e. The van der Waals surface area contributed by atoms with Crippen molar-refractivity contribution in [2.24, 2.45) is 11.8 Å². The molecule has 1 rings (SSSR count). The smallest absolute Gasteiger partial charge is 0.268 e. The minimum absolute atomic E-state index is 0.0519. The van der Waals surface area contributed by atoms with E-state index < -0.39 is 13.9 Å². The van der Waals surface area contributed by atoms with Crippen LogP contribution in [0.2, 0.25) is 0 Å². The number of phosphoric ester groups is 1. The lowest BCUT2D eigenvalue weighted by atomic mass is 9.90. The second kappa shape index (κ2) is 6.30. The predicted octanol–water partition coefficient (Wildman–Crippen LogP) is 1.96.